The van der Waals surface area contributed by atoms with Crippen LogP contribution in [-0.2, 0) is 4.79 Å². The Morgan fingerprint density at radius 3 is 2.81 bits per heavy atom. The van der Waals surface area contributed by atoms with Crippen LogP contribution in [0.1, 0.15) is 44.7 Å². The normalized spacial score (nSPS) is 22.3. The summed E-state index contributed by atoms with van der Waals surface area (Å²) in [7, 11) is 0. The standard InChI is InChI=1S/C17H25N3O/c1-3-8-18-16-14-5-4-13(11-15(14)19-17(16)21)20-9-6-12(2)7-10-20/h4-5,11-12,16,18H,3,6-10H2,1-2H3,(H,19,21). The van der Waals surface area contributed by atoms with Crippen molar-refractivity contribution in [1.29, 1.82) is 0 Å². The number of amides is 1. The minimum absolute atomic E-state index is 0.0721. The number of nitrogens with one attached hydrogen (secondary N) is 2. The molecule has 21 heavy (non-hydrogen) atoms. The van der Waals surface area contributed by atoms with Gasteiger partial charge in [0, 0.05) is 30.0 Å². The Labute approximate surface area is 126 Å². The van der Waals surface area contributed by atoms with Crippen molar-refractivity contribution in [3.8, 4) is 0 Å². The molecule has 1 unspecified atom stereocenters. The summed E-state index contributed by atoms with van der Waals surface area (Å²) in [6, 6.07) is 6.22. The van der Waals surface area contributed by atoms with Crippen molar-refractivity contribution in [2.45, 2.75) is 39.2 Å². The second-order valence-corrected chi connectivity index (χ2v) is 6.32. The first-order valence-electron chi connectivity index (χ1n) is 8.12. The predicted molar refractivity (Wildman–Crippen MR) is 86.7 cm³/mol. The van der Waals surface area contributed by atoms with Gasteiger partial charge in [-0.15, -0.1) is 0 Å². The summed E-state index contributed by atoms with van der Waals surface area (Å²) in [4.78, 5) is 14.5. The van der Waals surface area contributed by atoms with E-state index in [9.17, 15) is 4.79 Å². The molecule has 4 nitrogen and oxygen atoms in total. The maximum Gasteiger partial charge on any atom is 0.246 e. The van der Waals surface area contributed by atoms with Crippen LogP contribution in [0.15, 0.2) is 18.2 Å². The number of fused-ring (bicyclic) bond motifs is 1. The van der Waals surface area contributed by atoms with Gasteiger partial charge < -0.3 is 15.5 Å². The van der Waals surface area contributed by atoms with Crippen LogP contribution in [-0.4, -0.2) is 25.5 Å². The van der Waals surface area contributed by atoms with Gasteiger partial charge in [0.15, 0.2) is 0 Å². The average molecular weight is 287 g/mol. The number of hydrogen-bond acceptors (Lipinski definition) is 3. The second-order valence-electron chi connectivity index (χ2n) is 6.32. The molecule has 0 saturated carbocycles. The van der Waals surface area contributed by atoms with Crippen LogP contribution < -0.4 is 15.5 Å². The largest absolute Gasteiger partial charge is 0.371 e. The molecular formula is C17H25N3O. The number of rotatable bonds is 4. The molecule has 114 valence electrons. The van der Waals surface area contributed by atoms with Gasteiger partial charge >= 0.3 is 0 Å². The van der Waals surface area contributed by atoms with Crippen LogP contribution in [0.3, 0.4) is 0 Å². The monoisotopic (exact) mass is 287 g/mol. The van der Waals surface area contributed by atoms with Gasteiger partial charge in [-0.25, -0.2) is 0 Å². The van der Waals surface area contributed by atoms with Crippen molar-refractivity contribution in [2.75, 3.05) is 29.9 Å². The van der Waals surface area contributed by atoms with Crippen molar-refractivity contribution < 1.29 is 4.79 Å². The highest BCUT2D eigenvalue weighted by molar-refractivity contribution is 6.03. The number of hydrogen-bond donors (Lipinski definition) is 2. The fourth-order valence-corrected chi connectivity index (χ4v) is 3.21. The van der Waals surface area contributed by atoms with E-state index in [4.69, 9.17) is 0 Å². The van der Waals surface area contributed by atoms with Crippen molar-refractivity contribution in [3.63, 3.8) is 0 Å². The molecular weight excluding hydrogens is 262 g/mol. The Morgan fingerprint density at radius 1 is 1.33 bits per heavy atom. The first kappa shape index (κ1) is 14.4. The van der Waals surface area contributed by atoms with E-state index in [1.165, 1.54) is 18.5 Å². The molecule has 2 aliphatic rings. The Hall–Kier alpha value is -1.55. The quantitative estimate of drug-likeness (QED) is 0.895. The van der Waals surface area contributed by atoms with Crippen LogP contribution in [0.4, 0.5) is 11.4 Å². The van der Waals surface area contributed by atoms with E-state index >= 15 is 0 Å². The van der Waals surface area contributed by atoms with Crippen LogP contribution in [0.2, 0.25) is 0 Å². The highest BCUT2D eigenvalue weighted by atomic mass is 16.2. The fraction of sp³-hybridized carbons (Fsp3) is 0.588. The highest BCUT2D eigenvalue weighted by Crippen LogP contribution is 2.35. The number of carbonyl (C=O) groups is 1. The highest BCUT2D eigenvalue weighted by Gasteiger charge is 2.30. The van der Waals surface area contributed by atoms with Gasteiger partial charge in [0.25, 0.3) is 0 Å². The van der Waals surface area contributed by atoms with Gasteiger partial charge in [-0.3, -0.25) is 4.79 Å². The van der Waals surface area contributed by atoms with Gasteiger partial charge in [-0.1, -0.05) is 19.9 Å². The number of carbonyl (C=O) groups excluding carboxylic acids is 1. The lowest BCUT2D eigenvalue weighted by Gasteiger charge is -2.32. The molecule has 0 bridgehead atoms. The second kappa shape index (κ2) is 6.06. The third-order valence-corrected chi connectivity index (χ3v) is 4.62. The first-order valence-corrected chi connectivity index (χ1v) is 8.12. The van der Waals surface area contributed by atoms with Gasteiger partial charge in [-0.05, 0) is 43.9 Å². The maximum absolute atomic E-state index is 12.1. The molecule has 1 atom stereocenters. The van der Waals surface area contributed by atoms with Gasteiger partial charge in [-0.2, -0.15) is 0 Å². The van der Waals surface area contributed by atoms with E-state index in [0.717, 1.165) is 43.2 Å². The summed E-state index contributed by atoms with van der Waals surface area (Å²) in [6.07, 6.45) is 3.54. The Kier molecular flexibility index (Phi) is 4.15. The van der Waals surface area contributed by atoms with Crippen molar-refractivity contribution in [3.05, 3.63) is 23.8 Å². The number of piperidine rings is 1. The van der Waals surface area contributed by atoms with E-state index in [-0.39, 0.29) is 11.9 Å². The lowest BCUT2D eigenvalue weighted by Crippen LogP contribution is -2.32. The summed E-state index contributed by atoms with van der Waals surface area (Å²) in [5, 5.41) is 6.33. The van der Waals surface area contributed by atoms with Crippen LogP contribution in [0, 0.1) is 5.92 Å². The van der Waals surface area contributed by atoms with Crippen molar-refractivity contribution >= 4 is 17.3 Å². The average Bonchev–Trinajstić information content (AvgIpc) is 2.80. The summed E-state index contributed by atoms with van der Waals surface area (Å²) < 4.78 is 0. The summed E-state index contributed by atoms with van der Waals surface area (Å²) in [6.45, 7) is 7.53. The van der Waals surface area contributed by atoms with E-state index < -0.39 is 0 Å². The maximum atomic E-state index is 12.1. The number of anilines is 2. The van der Waals surface area contributed by atoms with Crippen LogP contribution in [0.25, 0.3) is 0 Å². The summed E-state index contributed by atoms with van der Waals surface area (Å²) >= 11 is 0. The third-order valence-electron chi connectivity index (χ3n) is 4.62. The smallest absolute Gasteiger partial charge is 0.246 e. The lowest BCUT2D eigenvalue weighted by molar-refractivity contribution is -0.117. The predicted octanol–water partition coefficient (Wildman–Crippen LogP) is 2.92. The van der Waals surface area contributed by atoms with E-state index in [0.29, 0.717) is 0 Å². The molecule has 1 amide bonds. The molecule has 3 rings (SSSR count). The molecule has 4 heteroatoms. The number of nitrogens with zero attached hydrogens (tertiary/aromatic N) is 1. The molecule has 1 aromatic rings. The molecule has 1 saturated heterocycles. The minimum Gasteiger partial charge on any atom is -0.371 e. The Bertz CT molecular complexity index is 521. The van der Waals surface area contributed by atoms with E-state index in [2.05, 4.69) is 47.6 Å². The van der Waals surface area contributed by atoms with Gasteiger partial charge in [0.1, 0.15) is 6.04 Å². The van der Waals surface area contributed by atoms with Gasteiger partial charge in [0.05, 0.1) is 0 Å². The minimum atomic E-state index is -0.185. The number of benzene rings is 1. The topological polar surface area (TPSA) is 44.4 Å². The molecule has 0 spiro atoms. The zero-order valence-electron chi connectivity index (χ0n) is 13.0. The van der Waals surface area contributed by atoms with E-state index in [1.54, 1.807) is 0 Å². The molecule has 2 heterocycles. The fourth-order valence-electron chi connectivity index (χ4n) is 3.21. The molecule has 1 fully saturated rings. The van der Waals surface area contributed by atoms with E-state index in [1.807, 2.05) is 0 Å². The molecule has 2 aliphatic heterocycles. The SMILES string of the molecule is CCCNC1C(=O)Nc2cc(N3CCC(C)CC3)ccc21. The molecule has 2 N–H and O–H groups in total. The van der Waals surface area contributed by atoms with Crippen molar-refractivity contribution in [2.24, 2.45) is 5.92 Å². The van der Waals surface area contributed by atoms with Crippen LogP contribution >= 0.6 is 0 Å². The zero-order chi connectivity index (χ0) is 14.8. The molecule has 0 aliphatic carbocycles. The molecule has 1 aromatic carbocycles. The van der Waals surface area contributed by atoms with Crippen molar-refractivity contribution in [1.82, 2.24) is 5.32 Å². The lowest BCUT2D eigenvalue weighted by atomic mass is 9.98. The van der Waals surface area contributed by atoms with Crippen LogP contribution in [0.5, 0.6) is 0 Å². The molecule has 0 aromatic heterocycles. The Morgan fingerprint density at radius 2 is 2.10 bits per heavy atom. The third kappa shape index (κ3) is 2.91. The zero-order valence-corrected chi connectivity index (χ0v) is 13.0. The molecule has 0 radical (unpaired) electrons. The summed E-state index contributed by atoms with van der Waals surface area (Å²) in [5.41, 5.74) is 3.30. The Balaban J connectivity index is 1.77. The first-order chi connectivity index (χ1) is 10.2. The van der Waals surface area contributed by atoms with Gasteiger partial charge in [0.2, 0.25) is 5.91 Å². The summed E-state index contributed by atoms with van der Waals surface area (Å²) in [5.74, 6) is 0.904.